The van der Waals surface area contributed by atoms with Crippen LogP contribution in [0.4, 0.5) is 0 Å². The minimum Gasteiger partial charge on any atom is -0.394 e. The molecule has 0 aromatic heterocycles. The number of hydrogen-bond donors (Lipinski definition) is 2. The quantitative estimate of drug-likeness (QED) is 0.223. The first-order chi connectivity index (χ1) is 14.8. The normalized spacial score (nSPS) is 10.8. The van der Waals surface area contributed by atoms with Gasteiger partial charge in [-0.2, -0.15) is 0 Å². The first-order valence-electron chi connectivity index (χ1n) is 11.9. The lowest BCUT2D eigenvalue weighted by Crippen LogP contribution is -2.13. The van der Waals surface area contributed by atoms with Gasteiger partial charge in [0.1, 0.15) is 0 Å². The lowest BCUT2D eigenvalue weighted by molar-refractivity contribution is -0.00856. The maximum Gasteiger partial charge on any atom is 0.0701 e. The van der Waals surface area contributed by atoms with Gasteiger partial charge in [0.25, 0.3) is 0 Å². The largest absolute Gasteiger partial charge is 0.394 e. The molecule has 2 N–H and O–H groups in total. The molecule has 0 rings (SSSR count). The number of ether oxygens (including phenoxy) is 5. The molecule has 0 unspecified atom stereocenters. The Hall–Kier alpha value is -0.280. The highest BCUT2D eigenvalue weighted by Gasteiger charge is 1.92. The molecule has 0 saturated carbocycles. The van der Waals surface area contributed by atoms with Crippen molar-refractivity contribution in [1.82, 2.24) is 0 Å². The van der Waals surface area contributed by atoms with Crippen LogP contribution < -0.4 is 0 Å². The van der Waals surface area contributed by atoms with Crippen molar-refractivity contribution < 1.29 is 33.9 Å². The van der Waals surface area contributed by atoms with E-state index in [0.717, 1.165) is 13.2 Å². The fourth-order valence-electron chi connectivity index (χ4n) is 2.43. The van der Waals surface area contributed by atoms with E-state index in [1.165, 1.54) is 57.8 Å². The third kappa shape index (κ3) is 35.2. The summed E-state index contributed by atoms with van der Waals surface area (Å²) in [4.78, 5) is 0. The summed E-state index contributed by atoms with van der Waals surface area (Å²) in [5.74, 6) is 0. The highest BCUT2D eigenvalue weighted by molar-refractivity contribution is 4.43. The summed E-state index contributed by atoms with van der Waals surface area (Å²) < 4.78 is 25.9. The van der Waals surface area contributed by atoms with E-state index in [-0.39, 0.29) is 13.2 Å². The summed E-state index contributed by atoms with van der Waals surface area (Å²) in [5, 5.41) is 16.8. The zero-order valence-electron chi connectivity index (χ0n) is 19.8. The molecule has 0 heterocycles. The van der Waals surface area contributed by atoms with Gasteiger partial charge in [-0.05, 0) is 12.8 Å². The zero-order chi connectivity index (χ0) is 22.4. The summed E-state index contributed by atoms with van der Waals surface area (Å²) in [7, 11) is 0. The molecule has 0 radical (unpaired) electrons. The summed E-state index contributed by atoms with van der Waals surface area (Å²) in [6, 6.07) is 0. The molecule has 7 nitrogen and oxygen atoms in total. The molecule has 30 heavy (non-hydrogen) atoms. The van der Waals surface area contributed by atoms with Gasteiger partial charge in [0.05, 0.1) is 66.1 Å². The molecule has 0 aliphatic carbocycles. The maximum absolute atomic E-state index is 8.41. The van der Waals surface area contributed by atoms with Crippen LogP contribution >= 0.6 is 0 Å². The van der Waals surface area contributed by atoms with E-state index in [0.29, 0.717) is 52.9 Å². The summed E-state index contributed by atoms with van der Waals surface area (Å²) >= 11 is 0. The van der Waals surface area contributed by atoms with Crippen LogP contribution in [0, 0.1) is 0 Å². The summed E-state index contributed by atoms with van der Waals surface area (Å²) in [6.45, 7) is 10.3. The minimum absolute atomic E-state index is 0.0386. The minimum atomic E-state index is 0.0386. The highest BCUT2D eigenvalue weighted by Crippen LogP contribution is 2.03. The average Bonchev–Trinajstić information content (AvgIpc) is 2.76. The van der Waals surface area contributed by atoms with Gasteiger partial charge in [-0.25, -0.2) is 0 Å². The van der Waals surface area contributed by atoms with Crippen molar-refractivity contribution in [3.8, 4) is 0 Å². The second-order valence-electron chi connectivity index (χ2n) is 6.98. The topological polar surface area (TPSA) is 86.6 Å². The molecule has 0 atom stereocenters. The van der Waals surface area contributed by atoms with E-state index in [9.17, 15) is 0 Å². The molecule has 0 spiro atoms. The van der Waals surface area contributed by atoms with Gasteiger partial charge in [-0.1, -0.05) is 58.8 Å². The Bertz CT molecular complexity index is 242. The lowest BCUT2D eigenvalue weighted by Gasteiger charge is -2.06. The number of aliphatic hydroxyl groups excluding tert-OH is 2. The Morgan fingerprint density at radius 2 is 0.667 bits per heavy atom. The molecular weight excluding hydrogens is 388 g/mol. The van der Waals surface area contributed by atoms with Crippen LogP contribution in [0.25, 0.3) is 0 Å². The van der Waals surface area contributed by atoms with Crippen molar-refractivity contribution in [2.24, 2.45) is 0 Å². The van der Waals surface area contributed by atoms with Crippen molar-refractivity contribution in [2.75, 3.05) is 79.3 Å². The maximum atomic E-state index is 8.41. The van der Waals surface area contributed by atoms with Crippen LogP contribution in [0.15, 0.2) is 0 Å². The van der Waals surface area contributed by atoms with Crippen molar-refractivity contribution in [3.05, 3.63) is 0 Å². The standard InChI is InChI=1S/C13H28O.C10H22O6/c1-3-5-7-9-11-13-14-12-10-8-6-4-2;11-1-3-13-5-7-15-9-10-16-8-6-14-4-2-12/h3-13H2,1-2H3;11-12H,1-10H2. The first-order valence-corrected chi connectivity index (χ1v) is 11.9. The smallest absolute Gasteiger partial charge is 0.0701 e. The summed E-state index contributed by atoms with van der Waals surface area (Å²) in [5.41, 5.74) is 0. The second-order valence-corrected chi connectivity index (χ2v) is 6.98. The Kier molecular flexibility index (Phi) is 35.5. The molecule has 0 aromatic carbocycles. The Morgan fingerprint density at radius 1 is 0.367 bits per heavy atom. The third-order valence-electron chi connectivity index (χ3n) is 4.12. The fourth-order valence-corrected chi connectivity index (χ4v) is 2.43. The van der Waals surface area contributed by atoms with Crippen molar-refractivity contribution in [1.29, 1.82) is 0 Å². The van der Waals surface area contributed by atoms with E-state index < -0.39 is 0 Å². The molecule has 0 aliphatic heterocycles. The van der Waals surface area contributed by atoms with E-state index in [1.807, 2.05) is 0 Å². The van der Waals surface area contributed by atoms with Gasteiger partial charge < -0.3 is 33.9 Å². The van der Waals surface area contributed by atoms with Gasteiger partial charge >= 0.3 is 0 Å². The van der Waals surface area contributed by atoms with Gasteiger partial charge in [0.2, 0.25) is 0 Å². The summed E-state index contributed by atoms with van der Waals surface area (Å²) in [6.07, 6.45) is 12.0. The third-order valence-corrected chi connectivity index (χ3v) is 4.12. The number of rotatable bonds is 24. The molecule has 184 valence electrons. The van der Waals surface area contributed by atoms with Crippen molar-refractivity contribution in [2.45, 2.75) is 71.6 Å². The van der Waals surface area contributed by atoms with Gasteiger partial charge in [-0.3, -0.25) is 0 Å². The van der Waals surface area contributed by atoms with Gasteiger partial charge in [0, 0.05) is 13.2 Å². The SMILES string of the molecule is CCCCCCCOCCCCCC.OCCOCCOCCOCCOCCO. The predicted octanol–water partition coefficient (Wildman–Crippen LogP) is 3.59. The number of hydrogen-bond acceptors (Lipinski definition) is 7. The van der Waals surface area contributed by atoms with Crippen LogP contribution in [-0.4, -0.2) is 89.5 Å². The van der Waals surface area contributed by atoms with E-state index in [2.05, 4.69) is 13.8 Å². The van der Waals surface area contributed by atoms with Crippen LogP contribution in [0.5, 0.6) is 0 Å². The fraction of sp³-hybridized carbons (Fsp3) is 1.00. The Balaban J connectivity index is 0. The molecule has 7 heteroatoms. The van der Waals surface area contributed by atoms with Crippen molar-refractivity contribution >= 4 is 0 Å². The molecule has 0 aromatic rings. The van der Waals surface area contributed by atoms with E-state index >= 15 is 0 Å². The Morgan fingerprint density at radius 3 is 1.03 bits per heavy atom. The first kappa shape index (κ1) is 31.9. The van der Waals surface area contributed by atoms with Crippen molar-refractivity contribution in [3.63, 3.8) is 0 Å². The van der Waals surface area contributed by atoms with Crippen LogP contribution in [-0.2, 0) is 23.7 Å². The molecule has 0 amide bonds. The van der Waals surface area contributed by atoms with E-state index in [4.69, 9.17) is 33.9 Å². The molecule has 0 saturated heterocycles. The van der Waals surface area contributed by atoms with Crippen LogP contribution in [0.2, 0.25) is 0 Å². The number of aliphatic hydroxyl groups is 2. The Labute approximate surface area is 185 Å². The van der Waals surface area contributed by atoms with E-state index in [1.54, 1.807) is 0 Å². The molecule has 0 fully saturated rings. The monoisotopic (exact) mass is 438 g/mol. The molecule has 0 aliphatic rings. The van der Waals surface area contributed by atoms with Gasteiger partial charge in [0.15, 0.2) is 0 Å². The number of unbranched alkanes of at least 4 members (excludes halogenated alkanes) is 7. The zero-order valence-corrected chi connectivity index (χ0v) is 19.8. The molecular formula is C23H50O7. The second kappa shape index (κ2) is 33.4. The van der Waals surface area contributed by atoms with Crippen LogP contribution in [0.3, 0.4) is 0 Å². The molecule has 0 bridgehead atoms. The highest BCUT2D eigenvalue weighted by atomic mass is 16.6. The van der Waals surface area contributed by atoms with Gasteiger partial charge in [-0.15, -0.1) is 0 Å². The lowest BCUT2D eigenvalue weighted by atomic mass is 10.2. The average molecular weight is 439 g/mol. The van der Waals surface area contributed by atoms with Crippen LogP contribution in [0.1, 0.15) is 71.6 Å². The predicted molar refractivity (Wildman–Crippen MR) is 121 cm³/mol.